The van der Waals surface area contributed by atoms with E-state index < -0.39 is 5.54 Å². The summed E-state index contributed by atoms with van der Waals surface area (Å²) in [6, 6.07) is 9.69. The van der Waals surface area contributed by atoms with Gasteiger partial charge in [0, 0.05) is 19.5 Å². The third kappa shape index (κ3) is 4.35. The Morgan fingerprint density at radius 1 is 1.18 bits per heavy atom. The second-order valence-corrected chi connectivity index (χ2v) is 7.97. The molecule has 1 saturated carbocycles. The van der Waals surface area contributed by atoms with Gasteiger partial charge in [-0.25, -0.2) is 4.79 Å². The van der Waals surface area contributed by atoms with Gasteiger partial charge in [0.25, 0.3) is 5.91 Å². The predicted octanol–water partition coefficient (Wildman–Crippen LogP) is 2.05. The number of hydrogen-bond donors (Lipinski definition) is 2. The van der Waals surface area contributed by atoms with E-state index in [4.69, 9.17) is 0 Å². The van der Waals surface area contributed by atoms with Gasteiger partial charge in [0.1, 0.15) is 5.54 Å². The van der Waals surface area contributed by atoms with Gasteiger partial charge in [-0.2, -0.15) is 0 Å². The van der Waals surface area contributed by atoms with Gasteiger partial charge < -0.3 is 15.5 Å². The molecule has 1 heterocycles. The average Bonchev–Trinajstić information content (AvgIpc) is 2.90. The molecule has 2 N–H and O–H groups in total. The van der Waals surface area contributed by atoms with Crippen molar-refractivity contribution in [2.75, 3.05) is 27.2 Å². The molecule has 28 heavy (non-hydrogen) atoms. The first kappa shape index (κ1) is 20.3. The first-order valence-electron chi connectivity index (χ1n) is 10.1. The first-order valence-corrected chi connectivity index (χ1v) is 10.1. The number of amides is 4. The monoisotopic (exact) mass is 386 g/mol. The fourth-order valence-corrected chi connectivity index (χ4v) is 4.16. The van der Waals surface area contributed by atoms with Crippen LogP contribution in [0.1, 0.15) is 50.1 Å². The Kier molecular flexibility index (Phi) is 6.34. The van der Waals surface area contributed by atoms with E-state index in [9.17, 15) is 14.4 Å². The molecule has 4 amide bonds. The lowest BCUT2D eigenvalue weighted by Crippen LogP contribution is -2.48. The molecule has 1 aliphatic carbocycles. The summed E-state index contributed by atoms with van der Waals surface area (Å²) < 4.78 is 0. The largest absolute Gasteiger partial charge is 0.354 e. The number of carbonyl (C=O) groups is 3. The highest BCUT2D eigenvalue weighted by Crippen LogP contribution is 2.33. The fraction of sp³-hybridized carbons (Fsp3) is 0.571. The third-order valence-electron chi connectivity index (χ3n) is 5.82. The summed E-state index contributed by atoms with van der Waals surface area (Å²) in [7, 11) is 3.95. The van der Waals surface area contributed by atoms with Crippen molar-refractivity contribution >= 4 is 17.8 Å². The summed E-state index contributed by atoms with van der Waals surface area (Å²) >= 11 is 0. The third-order valence-corrected chi connectivity index (χ3v) is 5.82. The highest BCUT2D eigenvalue weighted by atomic mass is 16.2. The Morgan fingerprint density at radius 3 is 2.50 bits per heavy atom. The Hall–Kier alpha value is -2.41. The summed E-state index contributed by atoms with van der Waals surface area (Å²) in [5, 5.41) is 5.82. The molecule has 2 fully saturated rings. The van der Waals surface area contributed by atoms with E-state index >= 15 is 0 Å². The zero-order valence-electron chi connectivity index (χ0n) is 16.7. The summed E-state index contributed by atoms with van der Waals surface area (Å²) in [5.74, 6) is -0.326. The molecular weight excluding hydrogens is 356 g/mol. The van der Waals surface area contributed by atoms with Crippen LogP contribution >= 0.6 is 0 Å². The molecule has 0 aromatic heterocycles. The van der Waals surface area contributed by atoms with E-state index in [-0.39, 0.29) is 36.9 Å². The predicted molar refractivity (Wildman–Crippen MR) is 107 cm³/mol. The van der Waals surface area contributed by atoms with Gasteiger partial charge in [-0.3, -0.25) is 14.5 Å². The second kappa shape index (κ2) is 8.73. The number of likely N-dealkylation sites (N-methyl/N-ethyl adjacent to an activating group) is 1. The minimum Gasteiger partial charge on any atom is -0.354 e. The summed E-state index contributed by atoms with van der Waals surface area (Å²) in [6.07, 6.45) is 4.51. The molecule has 0 unspecified atom stereocenters. The number of nitrogens with one attached hydrogen (secondary N) is 2. The van der Waals surface area contributed by atoms with E-state index in [0.29, 0.717) is 19.4 Å². The van der Waals surface area contributed by atoms with Crippen LogP contribution in [0.2, 0.25) is 0 Å². The van der Waals surface area contributed by atoms with Crippen molar-refractivity contribution in [3.63, 3.8) is 0 Å². The van der Waals surface area contributed by atoms with Crippen LogP contribution in [0.25, 0.3) is 0 Å². The number of nitrogens with zero attached hydrogens (tertiary/aromatic N) is 2. The van der Waals surface area contributed by atoms with Crippen molar-refractivity contribution in [2.45, 2.75) is 50.1 Å². The van der Waals surface area contributed by atoms with Gasteiger partial charge in [-0.05, 0) is 32.5 Å². The molecule has 7 nitrogen and oxygen atoms in total. The number of imide groups is 1. The van der Waals surface area contributed by atoms with Crippen LogP contribution in [0.15, 0.2) is 30.3 Å². The summed E-state index contributed by atoms with van der Waals surface area (Å²) in [5.41, 5.74) is 0.399. The molecule has 0 radical (unpaired) electrons. The number of urea groups is 1. The molecule has 7 heteroatoms. The lowest BCUT2D eigenvalue weighted by Gasteiger charge is -2.30. The second-order valence-electron chi connectivity index (χ2n) is 7.97. The standard InChI is InChI=1S/C21H30N4O3/c1-24(2)17(16-9-5-3-6-10-16)15-22-18(26)11-14-25-19(27)21(23-20(25)28)12-7-4-8-13-21/h3,5-6,9-10,17H,4,7-8,11-15H2,1-2H3,(H,22,26)(H,23,28)/t17-/m1/s1. The quantitative estimate of drug-likeness (QED) is 0.703. The minimum atomic E-state index is -0.727. The van der Waals surface area contributed by atoms with E-state index in [2.05, 4.69) is 15.5 Å². The molecule has 1 saturated heterocycles. The number of rotatable bonds is 7. The minimum absolute atomic E-state index is 0.0624. The van der Waals surface area contributed by atoms with Gasteiger partial charge in [0.2, 0.25) is 5.91 Å². The van der Waals surface area contributed by atoms with Crippen molar-refractivity contribution < 1.29 is 14.4 Å². The van der Waals surface area contributed by atoms with Crippen molar-refractivity contribution in [3.8, 4) is 0 Å². The normalized spacial score (nSPS) is 19.8. The highest BCUT2D eigenvalue weighted by molar-refractivity contribution is 6.07. The Morgan fingerprint density at radius 2 is 1.86 bits per heavy atom. The van der Waals surface area contributed by atoms with Crippen LogP contribution < -0.4 is 10.6 Å². The van der Waals surface area contributed by atoms with Crippen molar-refractivity contribution in [2.24, 2.45) is 0 Å². The van der Waals surface area contributed by atoms with Gasteiger partial charge in [0.05, 0.1) is 6.04 Å². The molecule has 0 bridgehead atoms. The molecule has 1 aliphatic heterocycles. The molecular formula is C21H30N4O3. The van der Waals surface area contributed by atoms with Crippen molar-refractivity contribution in [3.05, 3.63) is 35.9 Å². The number of benzene rings is 1. The SMILES string of the molecule is CN(C)[C@H](CNC(=O)CCN1C(=O)NC2(CCCCC2)C1=O)c1ccccc1. The molecule has 1 spiro atoms. The van der Waals surface area contributed by atoms with E-state index in [1.807, 2.05) is 44.4 Å². The van der Waals surface area contributed by atoms with E-state index in [1.54, 1.807) is 0 Å². The van der Waals surface area contributed by atoms with Crippen molar-refractivity contribution in [1.29, 1.82) is 0 Å². The van der Waals surface area contributed by atoms with Gasteiger partial charge in [-0.1, -0.05) is 49.6 Å². The maximum absolute atomic E-state index is 12.7. The highest BCUT2D eigenvalue weighted by Gasteiger charge is 2.51. The van der Waals surface area contributed by atoms with Gasteiger partial charge >= 0.3 is 6.03 Å². The van der Waals surface area contributed by atoms with Crippen LogP contribution in [0, 0.1) is 0 Å². The lowest BCUT2D eigenvalue weighted by atomic mass is 9.82. The number of carbonyl (C=O) groups excluding carboxylic acids is 3. The Bertz CT molecular complexity index is 714. The smallest absolute Gasteiger partial charge is 0.325 e. The molecule has 152 valence electrons. The zero-order valence-corrected chi connectivity index (χ0v) is 16.7. The van der Waals surface area contributed by atoms with Gasteiger partial charge in [0.15, 0.2) is 0 Å². The van der Waals surface area contributed by atoms with Gasteiger partial charge in [-0.15, -0.1) is 0 Å². The number of hydrogen-bond acceptors (Lipinski definition) is 4. The summed E-state index contributed by atoms with van der Waals surface area (Å²) in [6.45, 7) is 0.593. The zero-order chi connectivity index (χ0) is 20.1. The maximum Gasteiger partial charge on any atom is 0.325 e. The summed E-state index contributed by atoms with van der Waals surface area (Å²) in [4.78, 5) is 40.6. The van der Waals surface area contributed by atoms with Crippen LogP contribution in [0.5, 0.6) is 0 Å². The molecule has 1 atom stereocenters. The maximum atomic E-state index is 12.7. The van der Waals surface area contributed by atoms with Crippen LogP contribution in [0.3, 0.4) is 0 Å². The molecule has 3 rings (SSSR count). The first-order chi connectivity index (χ1) is 13.4. The van der Waals surface area contributed by atoms with Crippen LogP contribution in [0.4, 0.5) is 4.79 Å². The van der Waals surface area contributed by atoms with Crippen LogP contribution in [-0.2, 0) is 9.59 Å². The topological polar surface area (TPSA) is 81.8 Å². The fourth-order valence-electron chi connectivity index (χ4n) is 4.16. The van der Waals surface area contributed by atoms with E-state index in [1.165, 1.54) is 4.90 Å². The Labute approximate surface area is 166 Å². The average molecular weight is 386 g/mol. The van der Waals surface area contributed by atoms with Crippen molar-refractivity contribution in [1.82, 2.24) is 20.4 Å². The van der Waals surface area contributed by atoms with E-state index in [0.717, 1.165) is 24.8 Å². The van der Waals surface area contributed by atoms with Crippen LogP contribution in [-0.4, -0.2) is 60.4 Å². The lowest BCUT2D eigenvalue weighted by molar-refractivity contribution is -0.132. The Balaban J connectivity index is 1.51. The molecule has 2 aliphatic rings. The molecule has 1 aromatic carbocycles. The molecule has 1 aromatic rings.